The molecule has 1 aliphatic rings. The average molecular weight is 331 g/mol. The summed E-state index contributed by atoms with van der Waals surface area (Å²) >= 11 is 0. The lowest BCUT2D eigenvalue weighted by Crippen LogP contribution is -2.39. The Morgan fingerprint density at radius 2 is 1.96 bits per heavy atom. The third kappa shape index (κ3) is 3.11. The molecule has 5 heteroatoms. The third-order valence-electron chi connectivity index (χ3n) is 4.58. The number of hydrogen-bond donors (Lipinski definition) is 0. The molecule has 3 rings (SSSR count). The minimum absolute atomic E-state index is 0.0678. The normalized spacial score (nSPS) is 17.6. The lowest BCUT2D eigenvalue weighted by Gasteiger charge is -2.31. The predicted octanol–water partition coefficient (Wildman–Crippen LogP) is 3.74. The van der Waals surface area contributed by atoms with Gasteiger partial charge in [0.1, 0.15) is 12.4 Å². The Kier molecular flexibility index (Phi) is 4.51. The van der Waals surface area contributed by atoms with Crippen molar-refractivity contribution in [1.29, 1.82) is 0 Å². The van der Waals surface area contributed by atoms with E-state index >= 15 is 0 Å². The number of amides is 1. The zero-order chi connectivity index (χ0) is 17.3. The van der Waals surface area contributed by atoms with E-state index in [1.807, 2.05) is 24.3 Å². The highest BCUT2D eigenvalue weighted by molar-refractivity contribution is 5.80. The fourth-order valence-electron chi connectivity index (χ4n) is 2.96. The number of fused-ring (bicyclic) bond motifs is 1. The van der Waals surface area contributed by atoms with Gasteiger partial charge in [0.15, 0.2) is 11.6 Å². The van der Waals surface area contributed by atoms with Crippen LogP contribution in [0, 0.1) is 17.6 Å². The van der Waals surface area contributed by atoms with E-state index in [1.165, 1.54) is 6.07 Å². The van der Waals surface area contributed by atoms with Crippen LogP contribution < -0.4 is 4.74 Å². The number of halogens is 2. The Hall–Kier alpha value is -2.43. The first-order chi connectivity index (χ1) is 11.5. The van der Waals surface area contributed by atoms with E-state index in [4.69, 9.17) is 4.74 Å². The molecule has 126 valence electrons. The highest BCUT2D eigenvalue weighted by Gasteiger charge is 2.30. The second-order valence-corrected chi connectivity index (χ2v) is 6.12. The van der Waals surface area contributed by atoms with Crippen molar-refractivity contribution in [1.82, 2.24) is 4.90 Å². The summed E-state index contributed by atoms with van der Waals surface area (Å²) in [6, 6.07) is 11.0. The number of benzene rings is 2. The molecule has 0 aliphatic carbocycles. The maximum absolute atomic E-state index is 13.4. The zero-order valence-corrected chi connectivity index (χ0v) is 13.6. The minimum atomic E-state index is -0.907. The van der Waals surface area contributed by atoms with Gasteiger partial charge in [-0.2, -0.15) is 0 Å². The van der Waals surface area contributed by atoms with Crippen molar-refractivity contribution in [2.45, 2.75) is 19.4 Å². The molecule has 2 aromatic carbocycles. The van der Waals surface area contributed by atoms with Crippen LogP contribution in [-0.4, -0.2) is 24.5 Å². The predicted molar refractivity (Wildman–Crippen MR) is 86.7 cm³/mol. The van der Waals surface area contributed by atoms with Gasteiger partial charge in [-0.1, -0.05) is 24.3 Å². The number of carbonyl (C=O) groups is 1. The van der Waals surface area contributed by atoms with Crippen molar-refractivity contribution < 1.29 is 18.3 Å². The SMILES string of the molecule is CC(c1ccc(F)c(F)c1)N(C)C(=O)C1COc2ccccc2C1. The van der Waals surface area contributed by atoms with Gasteiger partial charge in [-0.25, -0.2) is 8.78 Å². The molecule has 0 saturated carbocycles. The molecule has 0 N–H and O–H groups in total. The fraction of sp³-hybridized carbons (Fsp3) is 0.316. The van der Waals surface area contributed by atoms with Gasteiger partial charge in [-0.15, -0.1) is 0 Å². The van der Waals surface area contributed by atoms with E-state index in [-0.39, 0.29) is 17.9 Å². The van der Waals surface area contributed by atoms with Gasteiger partial charge in [0.25, 0.3) is 0 Å². The third-order valence-corrected chi connectivity index (χ3v) is 4.58. The molecule has 2 unspecified atom stereocenters. The number of rotatable bonds is 3. The van der Waals surface area contributed by atoms with E-state index in [0.29, 0.717) is 18.6 Å². The van der Waals surface area contributed by atoms with Gasteiger partial charge < -0.3 is 9.64 Å². The van der Waals surface area contributed by atoms with E-state index in [0.717, 1.165) is 23.4 Å². The summed E-state index contributed by atoms with van der Waals surface area (Å²) in [6.07, 6.45) is 0.615. The maximum Gasteiger partial charge on any atom is 0.229 e. The molecule has 0 radical (unpaired) electrons. The van der Waals surface area contributed by atoms with Crippen LogP contribution in [0.4, 0.5) is 8.78 Å². The van der Waals surface area contributed by atoms with Gasteiger partial charge in [0, 0.05) is 7.05 Å². The first-order valence-corrected chi connectivity index (χ1v) is 7.89. The van der Waals surface area contributed by atoms with Crippen LogP contribution in [0.25, 0.3) is 0 Å². The second-order valence-electron chi connectivity index (χ2n) is 6.12. The summed E-state index contributed by atoms with van der Waals surface area (Å²) in [4.78, 5) is 14.3. The number of hydrogen-bond acceptors (Lipinski definition) is 2. The Bertz CT molecular complexity index is 763. The molecule has 1 aliphatic heterocycles. The van der Waals surface area contributed by atoms with Crippen molar-refractivity contribution in [3.8, 4) is 5.75 Å². The summed E-state index contributed by atoms with van der Waals surface area (Å²) in [5.41, 5.74) is 1.57. The first-order valence-electron chi connectivity index (χ1n) is 7.89. The molecule has 3 nitrogen and oxygen atoms in total. The Labute approximate surface area is 139 Å². The number of nitrogens with zero attached hydrogens (tertiary/aromatic N) is 1. The van der Waals surface area contributed by atoms with Crippen molar-refractivity contribution in [2.75, 3.05) is 13.7 Å². The lowest BCUT2D eigenvalue weighted by molar-refractivity contribution is -0.137. The van der Waals surface area contributed by atoms with Crippen LogP contribution in [0.1, 0.15) is 24.1 Å². The van der Waals surface area contributed by atoms with Gasteiger partial charge in [-0.05, 0) is 42.7 Å². The molecule has 24 heavy (non-hydrogen) atoms. The van der Waals surface area contributed by atoms with Crippen molar-refractivity contribution in [3.05, 3.63) is 65.2 Å². The van der Waals surface area contributed by atoms with Crippen LogP contribution in [0.3, 0.4) is 0 Å². The summed E-state index contributed by atoms with van der Waals surface area (Å²) in [5, 5.41) is 0. The molecule has 1 heterocycles. The van der Waals surface area contributed by atoms with Crippen LogP contribution >= 0.6 is 0 Å². The molecular formula is C19H19F2NO2. The van der Waals surface area contributed by atoms with Crippen LogP contribution in [0.5, 0.6) is 5.75 Å². The molecule has 1 amide bonds. The summed E-state index contributed by atoms with van der Waals surface area (Å²) < 4.78 is 32.2. The average Bonchev–Trinajstić information content (AvgIpc) is 2.61. The Morgan fingerprint density at radius 3 is 2.71 bits per heavy atom. The number of para-hydroxylation sites is 1. The van der Waals surface area contributed by atoms with Crippen LogP contribution in [0.2, 0.25) is 0 Å². The molecule has 0 spiro atoms. The summed E-state index contributed by atoms with van der Waals surface area (Å²) in [5.74, 6) is -1.33. The second kappa shape index (κ2) is 6.59. The Balaban J connectivity index is 1.74. The monoisotopic (exact) mass is 331 g/mol. The largest absolute Gasteiger partial charge is 0.492 e. The van der Waals surface area contributed by atoms with E-state index in [1.54, 1.807) is 18.9 Å². The maximum atomic E-state index is 13.4. The standard InChI is InChI=1S/C19H19F2NO2/c1-12(13-7-8-16(20)17(21)10-13)22(2)19(23)15-9-14-5-3-4-6-18(14)24-11-15/h3-8,10,12,15H,9,11H2,1-2H3. The fourth-order valence-corrected chi connectivity index (χ4v) is 2.96. The number of ether oxygens (including phenoxy) is 1. The molecule has 2 aromatic rings. The summed E-state index contributed by atoms with van der Waals surface area (Å²) in [7, 11) is 1.68. The zero-order valence-electron chi connectivity index (χ0n) is 13.6. The summed E-state index contributed by atoms with van der Waals surface area (Å²) in [6.45, 7) is 2.12. The lowest BCUT2D eigenvalue weighted by atomic mass is 9.94. The van der Waals surface area contributed by atoms with Gasteiger partial charge in [0.05, 0.1) is 12.0 Å². The van der Waals surface area contributed by atoms with Gasteiger partial charge in [-0.3, -0.25) is 4.79 Å². The van der Waals surface area contributed by atoms with E-state index < -0.39 is 11.6 Å². The van der Waals surface area contributed by atoms with E-state index in [2.05, 4.69) is 0 Å². The van der Waals surface area contributed by atoms with Crippen molar-refractivity contribution in [2.24, 2.45) is 5.92 Å². The topological polar surface area (TPSA) is 29.5 Å². The van der Waals surface area contributed by atoms with Crippen LogP contribution in [-0.2, 0) is 11.2 Å². The molecule has 0 bridgehead atoms. The minimum Gasteiger partial charge on any atom is -0.492 e. The van der Waals surface area contributed by atoms with Gasteiger partial charge in [0.2, 0.25) is 5.91 Å². The van der Waals surface area contributed by atoms with Gasteiger partial charge >= 0.3 is 0 Å². The Morgan fingerprint density at radius 1 is 1.21 bits per heavy atom. The van der Waals surface area contributed by atoms with Crippen LogP contribution in [0.15, 0.2) is 42.5 Å². The smallest absolute Gasteiger partial charge is 0.229 e. The van der Waals surface area contributed by atoms with Crippen molar-refractivity contribution in [3.63, 3.8) is 0 Å². The van der Waals surface area contributed by atoms with E-state index in [9.17, 15) is 13.6 Å². The van der Waals surface area contributed by atoms with Crippen molar-refractivity contribution >= 4 is 5.91 Å². The molecular weight excluding hydrogens is 312 g/mol. The molecule has 0 aromatic heterocycles. The highest BCUT2D eigenvalue weighted by atomic mass is 19.2. The molecule has 0 saturated heterocycles. The highest BCUT2D eigenvalue weighted by Crippen LogP contribution is 2.29. The quantitative estimate of drug-likeness (QED) is 0.857. The molecule has 0 fully saturated rings. The first kappa shape index (κ1) is 16.4. The molecule has 2 atom stereocenters. The number of carbonyl (C=O) groups excluding carboxylic acids is 1.